The maximum atomic E-state index is 12.3. The zero-order valence-corrected chi connectivity index (χ0v) is 14.9. The number of pyridine rings is 1. The third-order valence-corrected chi connectivity index (χ3v) is 7.05. The minimum Gasteiger partial charge on any atom is -0.357 e. The third kappa shape index (κ3) is 4.32. The average molecular weight is 336 g/mol. The minimum absolute atomic E-state index is 0.363. The summed E-state index contributed by atoms with van der Waals surface area (Å²) in [7, 11) is -0.667. The lowest BCUT2D eigenvalue weighted by atomic mass is 9.93. The highest BCUT2D eigenvalue weighted by Gasteiger charge is 2.31. The Balaban J connectivity index is 1.52. The lowest BCUT2D eigenvalue weighted by Crippen LogP contribution is -2.52. The smallest absolute Gasteiger partial charge is 0.128 e. The van der Waals surface area contributed by atoms with Crippen LogP contribution in [-0.2, 0) is 10.8 Å². The Labute approximate surface area is 142 Å². The summed E-state index contributed by atoms with van der Waals surface area (Å²) in [5.74, 6) is 1.88. The van der Waals surface area contributed by atoms with Gasteiger partial charge < -0.3 is 10.2 Å². The summed E-state index contributed by atoms with van der Waals surface area (Å²) in [5, 5.41) is 4.22. The molecule has 0 aromatic carbocycles. The Kier molecular flexibility index (Phi) is 6.06. The monoisotopic (exact) mass is 335 g/mol. The Bertz CT molecular complexity index is 502. The van der Waals surface area contributed by atoms with Crippen LogP contribution in [0.5, 0.6) is 0 Å². The van der Waals surface area contributed by atoms with E-state index in [1.165, 1.54) is 19.3 Å². The van der Waals surface area contributed by atoms with Crippen molar-refractivity contribution < 1.29 is 4.21 Å². The van der Waals surface area contributed by atoms with Gasteiger partial charge in [0.2, 0.25) is 0 Å². The van der Waals surface area contributed by atoms with Crippen LogP contribution in [0.4, 0.5) is 5.82 Å². The van der Waals surface area contributed by atoms with E-state index >= 15 is 0 Å². The van der Waals surface area contributed by atoms with Gasteiger partial charge in [-0.15, -0.1) is 0 Å². The minimum atomic E-state index is -0.667. The van der Waals surface area contributed by atoms with E-state index in [1.807, 2.05) is 19.2 Å². The van der Waals surface area contributed by atoms with Crippen molar-refractivity contribution in [2.45, 2.75) is 62.8 Å². The summed E-state index contributed by atoms with van der Waals surface area (Å²) < 4.78 is 12.3. The van der Waals surface area contributed by atoms with Crippen molar-refractivity contribution in [2.24, 2.45) is 0 Å². The van der Waals surface area contributed by atoms with Gasteiger partial charge in [-0.3, -0.25) is 4.21 Å². The van der Waals surface area contributed by atoms with Crippen LogP contribution in [0.1, 0.15) is 45.4 Å². The summed E-state index contributed by atoms with van der Waals surface area (Å²) in [6.45, 7) is 4.17. The number of anilines is 1. The first kappa shape index (κ1) is 16.9. The van der Waals surface area contributed by atoms with Crippen LogP contribution >= 0.6 is 0 Å². The highest BCUT2D eigenvalue weighted by molar-refractivity contribution is 7.85. The second-order valence-electron chi connectivity index (χ2n) is 6.71. The highest BCUT2D eigenvalue weighted by atomic mass is 32.2. The molecule has 2 heterocycles. The molecule has 2 aliphatic rings. The second kappa shape index (κ2) is 8.25. The number of nitrogens with one attached hydrogen (secondary N) is 1. The molecular formula is C18H29N3OS. The molecule has 3 atom stereocenters. The van der Waals surface area contributed by atoms with Crippen molar-refractivity contribution >= 4 is 16.6 Å². The summed E-state index contributed by atoms with van der Waals surface area (Å²) in [4.78, 5) is 6.83. The molecule has 1 saturated carbocycles. The van der Waals surface area contributed by atoms with Gasteiger partial charge >= 0.3 is 0 Å². The molecule has 4 nitrogen and oxygen atoms in total. The number of hydrogen-bond donors (Lipinski definition) is 1. The van der Waals surface area contributed by atoms with E-state index in [9.17, 15) is 4.21 Å². The zero-order valence-electron chi connectivity index (χ0n) is 14.1. The van der Waals surface area contributed by atoms with Crippen LogP contribution in [0.15, 0.2) is 24.4 Å². The van der Waals surface area contributed by atoms with E-state index in [1.54, 1.807) is 0 Å². The highest BCUT2D eigenvalue weighted by Crippen LogP contribution is 2.25. The molecule has 0 amide bonds. The lowest BCUT2D eigenvalue weighted by molar-refractivity contribution is 0.311. The van der Waals surface area contributed by atoms with E-state index in [0.717, 1.165) is 43.9 Å². The molecule has 1 aliphatic carbocycles. The van der Waals surface area contributed by atoms with E-state index in [0.29, 0.717) is 17.3 Å². The summed E-state index contributed by atoms with van der Waals surface area (Å²) in [6.07, 6.45) is 9.01. The van der Waals surface area contributed by atoms with Gasteiger partial charge in [0.1, 0.15) is 5.82 Å². The average Bonchev–Trinajstić information content (AvgIpc) is 2.63. The fraction of sp³-hybridized carbons (Fsp3) is 0.722. The molecule has 128 valence electrons. The quantitative estimate of drug-likeness (QED) is 0.899. The Morgan fingerprint density at radius 1 is 1.22 bits per heavy atom. The number of rotatable bonds is 5. The molecular weight excluding hydrogens is 306 g/mol. The predicted octanol–water partition coefficient (Wildman–Crippen LogP) is 2.72. The van der Waals surface area contributed by atoms with Crippen molar-refractivity contribution in [2.75, 3.05) is 23.7 Å². The molecule has 1 aromatic heterocycles. The fourth-order valence-corrected chi connectivity index (χ4v) is 5.37. The fourth-order valence-electron chi connectivity index (χ4n) is 3.94. The van der Waals surface area contributed by atoms with Gasteiger partial charge in [0.05, 0.1) is 5.25 Å². The molecule has 1 aliphatic heterocycles. The Morgan fingerprint density at radius 3 is 2.70 bits per heavy atom. The maximum absolute atomic E-state index is 12.3. The topological polar surface area (TPSA) is 45.2 Å². The molecule has 1 aromatic rings. The van der Waals surface area contributed by atoms with Crippen LogP contribution in [-0.4, -0.2) is 45.4 Å². The van der Waals surface area contributed by atoms with Crippen molar-refractivity contribution in [3.8, 4) is 0 Å². The van der Waals surface area contributed by atoms with Crippen molar-refractivity contribution in [3.05, 3.63) is 24.4 Å². The van der Waals surface area contributed by atoms with Gasteiger partial charge in [-0.05, 0) is 37.8 Å². The summed E-state index contributed by atoms with van der Waals surface area (Å²) in [6, 6.07) is 7.13. The molecule has 1 N–H and O–H groups in total. The molecule has 5 heteroatoms. The van der Waals surface area contributed by atoms with Crippen LogP contribution in [0.25, 0.3) is 0 Å². The molecule has 3 unspecified atom stereocenters. The van der Waals surface area contributed by atoms with Crippen molar-refractivity contribution in [1.29, 1.82) is 0 Å². The van der Waals surface area contributed by atoms with Gasteiger partial charge in [0.25, 0.3) is 0 Å². The van der Waals surface area contributed by atoms with E-state index in [2.05, 4.69) is 27.3 Å². The lowest BCUT2D eigenvalue weighted by Gasteiger charge is -2.38. The SMILES string of the molecule is CCS(=O)C1CCCCC1NC1CCN(c2ccccn2)CC1. The van der Waals surface area contributed by atoms with Gasteiger partial charge in [0.15, 0.2) is 0 Å². The van der Waals surface area contributed by atoms with Crippen LogP contribution in [0.2, 0.25) is 0 Å². The van der Waals surface area contributed by atoms with Crippen molar-refractivity contribution in [3.63, 3.8) is 0 Å². The first-order valence-electron chi connectivity index (χ1n) is 9.07. The number of aromatic nitrogens is 1. The standard InChI is InChI=1S/C18H29N3OS/c1-2-23(22)17-8-4-3-7-16(17)20-15-10-13-21(14-11-15)18-9-5-6-12-19-18/h5-6,9,12,15-17,20H,2-4,7-8,10-11,13-14H2,1H3. The van der Waals surface area contributed by atoms with Crippen LogP contribution < -0.4 is 10.2 Å². The molecule has 1 saturated heterocycles. The molecule has 0 bridgehead atoms. The zero-order chi connectivity index (χ0) is 16.1. The van der Waals surface area contributed by atoms with E-state index < -0.39 is 10.8 Å². The maximum Gasteiger partial charge on any atom is 0.128 e. The molecule has 2 fully saturated rings. The normalized spacial score (nSPS) is 27.8. The second-order valence-corrected chi connectivity index (χ2v) is 8.66. The largest absolute Gasteiger partial charge is 0.357 e. The van der Waals surface area contributed by atoms with Gasteiger partial charge in [-0.2, -0.15) is 0 Å². The molecule has 3 rings (SSSR count). The first-order valence-corrected chi connectivity index (χ1v) is 10.5. The van der Waals surface area contributed by atoms with Gasteiger partial charge in [-0.1, -0.05) is 25.8 Å². The molecule has 23 heavy (non-hydrogen) atoms. The first-order chi connectivity index (χ1) is 11.3. The van der Waals surface area contributed by atoms with Crippen LogP contribution in [0.3, 0.4) is 0 Å². The van der Waals surface area contributed by atoms with Gasteiger partial charge in [-0.25, -0.2) is 4.98 Å². The number of piperidine rings is 1. The third-order valence-electron chi connectivity index (χ3n) is 5.24. The predicted molar refractivity (Wildman–Crippen MR) is 97.3 cm³/mol. The molecule has 0 spiro atoms. The van der Waals surface area contributed by atoms with Gasteiger partial charge in [0, 0.05) is 47.9 Å². The van der Waals surface area contributed by atoms with E-state index in [-0.39, 0.29) is 0 Å². The van der Waals surface area contributed by atoms with Crippen molar-refractivity contribution in [1.82, 2.24) is 10.3 Å². The molecule has 0 radical (unpaired) electrons. The Morgan fingerprint density at radius 2 is 2.00 bits per heavy atom. The summed E-state index contributed by atoms with van der Waals surface area (Å²) in [5.41, 5.74) is 0. The number of hydrogen-bond acceptors (Lipinski definition) is 4. The van der Waals surface area contributed by atoms with Crippen LogP contribution in [0, 0.1) is 0 Å². The Hall–Kier alpha value is -0.940. The summed E-state index contributed by atoms with van der Waals surface area (Å²) >= 11 is 0. The number of nitrogens with zero attached hydrogens (tertiary/aromatic N) is 2. The van der Waals surface area contributed by atoms with E-state index in [4.69, 9.17) is 0 Å².